The smallest absolute Gasteiger partial charge is 0.435 e. The summed E-state index contributed by atoms with van der Waals surface area (Å²) < 4.78 is 7.66. The first-order chi connectivity index (χ1) is 12.3. The molecule has 0 atom stereocenters. The molecule has 0 aliphatic heterocycles. The summed E-state index contributed by atoms with van der Waals surface area (Å²) >= 11 is 3.47. The van der Waals surface area contributed by atoms with E-state index in [9.17, 15) is 4.79 Å². The topological polar surface area (TPSA) is 69.9 Å². The highest BCUT2D eigenvalue weighted by atomic mass is 79.9. The summed E-state index contributed by atoms with van der Waals surface area (Å²) in [4.78, 5) is 21.6. The van der Waals surface area contributed by atoms with Crippen LogP contribution in [-0.2, 0) is 4.74 Å². The van der Waals surface area contributed by atoms with Crippen molar-refractivity contribution in [3.05, 3.63) is 40.8 Å². The zero-order chi connectivity index (χ0) is 18.5. The monoisotopic (exact) mass is 414 g/mol. The van der Waals surface area contributed by atoms with Gasteiger partial charge in [0.15, 0.2) is 0 Å². The molecule has 2 heterocycles. The minimum absolute atomic E-state index is 0.369. The number of aromatic nitrogens is 4. The lowest BCUT2D eigenvalue weighted by Crippen LogP contribution is -2.27. The van der Waals surface area contributed by atoms with Crippen LogP contribution in [0.3, 0.4) is 0 Å². The molecule has 0 N–H and O–H groups in total. The van der Waals surface area contributed by atoms with Crippen molar-refractivity contribution in [1.29, 1.82) is 0 Å². The Bertz CT molecular complexity index is 1000. The molecule has 0 radical (unpaired) electrons. The summed E-state index contributed by atoms with van der Waals surface area (Å²) in [5.74, 6) is 0.369. The van der Waals surface area contributed by atoms with Crippen LogP contribution in [0.4, 0.5) is 4.79 Å². The Morgan fingerprint density at radius 2 is 2.04 bits per heavy atom. The van der Waals surface area contributed by atoms with Gasteiger partial charge in [0, 0.05) is 22.2 Å². The fourth-order valence-corrected chi connectivity index (χ4v) is 3.11. The first-order valence-corrected chi connectivity index (χ1v) is 9.35. The summed E-state index contributed by atoms with van der Waals surface area (Å²) in [6, 6.07) is 5.79. The largest absolute Gasteiger partial charge is 0.442 e. The van der Waals surface area contributed by atoms with Crippen LogP contribution < -0.4 is 0 Å². The van der Waals surface area contributed by atoms with Gasteiger partial charge in [0.2, 0.25) is 0 Å². The third-order valence-electron chi connectivity index (χ3n) is 4.07. The molecule has 3 aromatic rings. The summed E-state index contributed by atoms with van der Waals surface area (Å²) in [7, 11) is 0. The number of carbonyl (C=O) groups is 1. The Labute approximate surface area is 159 Å². The van der Waals surface area contributed by atoms with Crippen LogP contribution in [-0.4, -0.2) is 31.4 Å². The van der Waals surface area contributed by atoms with Gasteiger partial charge in [-0.05, 0) is 51.8 Å². The average molecular weight is 415 g/mol. The lowest BCUT2D eigenvalue weighted by Gasteiger charge is -2.18. The first-order valence-electron chi connectivity index (χ1n) is 8.56. The molecule has 1 aliphatic carbocycles. The Kier molecular flexibility index (Phi) is 4.06. The van der Waals surface area contributed by atoms with Crippen LogP contribution in [0.1, 0.15) is 45.2 Å². The van der Waals surface area contributed by atoms with Crippen LogP contribution in [0, 0.1) is 0 Å². The minimum Gasteiger partial charge on any atom is -0.442 e. The molecule has 0 amide bonds. The number of rotatable bonds is 2. The SMILES string of the molecule is CC(C)(C)OC(=O)n1cc(-c2cnc3ccc(Br)cc3n2)c(C2CC2)n1. The molecule has 26 heavy (non-hydrogen) atoms. The van der Waals surface area contributed by atoms with Crippen molar-refractivity contribution in [2.45, 2.75) is 45.1 Å². The molecule has 2 aromatic heterocycles. The fraction of sp³-hybridized carbons (Fsp3) is 0.368. The van der Waals surface area contributed by atoms with Crippen LogP contribution in [0.25, 0.3) is 22.3 Å². The third-order valence-corrected chi connectivity index (χ3v) is 4.56. The zero-order valence-electron chi connectivity index (χ0n) is 14.9. The lowest BCUT2D eigenvalue weighted by atomic mass is 10.1. The van der Waals surface area contributed by atoms with E-state index < -0.39 is 11.7 Å². The lowest BCUT2D eigenvalue weighted by molar-refractivity contribution is 0.0514. The van der Waals surface area contributed by atoms with Gasteiger partial charge in [-0.25, -0.2) is 9.78 Å². The number of carbonyl (C=O) groups excluding carboxylic acids is 1. The Hall–Kier alpha value is -2.28. The Morgan fingerprint density at radius 1 is 1.27 bits per heavy atom. The van der Waals surface area contributed by atoms with Crippen molar-refractivity contribution >= 4 is 33.1 Å². The van der Waals surface area contributed by atoms with E-state index in [1.807, 2.05) is 39.0 Å². The quantitative estimate of drug-likeness (QED) is 0.595. The van der Waals surface area contributed by atoms with E-state index >= 15 is 0 Å². The van der Waals surface area contributed by atoms with Crippen molar-refractivity contribution in [3.63, 3.8) is 0 Å². The van der Waals surface area contributed by atoms with Crippen molar-refractivity contribution < 1.29 is 9.53 Å². The standard InChI is InChI=1S/C19H19BrN4O2/c1-19(2,3)26-18(25)24-10-13(17(23-24)11-4-5-11)16-9-21-14-7-6-12(20)8-15(14)22-16/h6-11H,4-5H2,1-3H3. The molecular formula is C19H19BrN4O2. The van der Waals surface area contributed by atoms with E-state index in [1.54, 1.807) is 12.4 Å². The van der Waals surface area contributed by atoms with Gasteiger partial charge >= 0.3 is 6.09 Å². The van der Waals surface area contributed by atoms with Gasteiger partial charge in [-0.15, -0.1) is 0 Å². The summed E-state index contributed by atoms with van der Waals surface area (Å²) in [5.41, 5.74) is 3.49. The molecule has 0 bridgehead atoms. The second-order valence-electron chi connectivity index (χ2n) is 7.52. The third kappa shape index (κ3) is 3.49. The molecule has 0 spiro atoms. The Morgan fingerprint density at radius 3 is 2.73 bits per heavy atom. The van der Waals surface area contributed by atoms with E-state index in [-0.39, 0.29) is 0 Å². The maximum absolute atomic E-state index is 12.4. The van der Waals surface area contributed by atoms with E-state index in [0.717, 1.165) is 39.6 Å². The molecule has 134 valence electrons. The van der Waals surface area contributed by atoms with E-state index in [2.05, 4.69) is 26.0 Å². The van der Waals surface area contributed by atoms with Crippen molar-refractivity contribution in [2.24, 2.45) is 0 Å². The van der Waals surface area contributed by atoms with Gasteiger partial charge in [0.05, 0.1) is 28.6 Å². The van der Waals surface area contributed by atoms with E-state index in [0.29, 0.717) is 11.6 Å². The second-order valence-corrected chi connectivity index (χ2v) is 8.43. The molecule has 1 aliphatic rings. The summed E-state index contributed by atoms with van der Waals surface area (Å²) in [6.07, 6.45) is 5.10. The molecule has 7 heteroatoms. The molecular weight excluding hydrogens is 396 g/mol. The average Bonchev–Trinajstić information content (AvgIpc) is 3.30. The van der Waals surface area contributed by atoms with Crippen molar-refractivity contribution in [1.82, 2.24) is 19.7 Å². The number of halogens is 1. The minimum atomic E-state index is -0.571. The predicted molar refractivity (Wildman–Crippen MR) is 102 cm³/mol. The van der Waals surface area contributed by atoms with Crippen LogP contribution in [0.2, 0.25) is 0 Å². The van der Waals surface area contributed by atoms with Crippen LogP contribution in [0.15, 0.2) is 35.1 Å². The van der Waals surface area contributed by atoms with Gasteiger partial charge in [-0.1, -0.05) is 15.9 Å². The van der Waals surface area contributed by atoms with Gasteiger partial charge in [-0.2, -0.15) is 9.78 Å². The maximum Gasteiger partial charge on any atom is 0.435 e. The number of fused-ring (bicyclic) bond motifs is 1. The molecule has 0 saturated heterocycles. The molecule has 1 fully saturated rings. The fourth-order valence-electron chi connectivity index (χ4n) is 2.76. The van der Waals surface area contributed by atoms with Crippen molar-refractivity contribution in [3.8, 4) is 11.3 Å². The molecule has 4 rings (SSSR count). The highest BCUT2D eigenvalue weighted by Crippen LogP contribution is 2.43. The molecule has 1 aromatic carbocycles. The van der Waals surface area contributed by atoms with Crippen LogP contribution in [0.5, 0.6) is 0 Å². The number of hydrogen-bond donors (Lipinski definition) is 0. The maximum atomic E-state index is 12.4. The number of nitrogens with zero attached hydrogens (tertiary/aromatic N) is 4. The number of benzene rings is 1. The molecule has 0 unspecified atom stereocenters. The van der Waals surface area contributed by atoms with E-state index in [4.69, 9.17) is 9.72 Å². The van der Waals surface area contributed by atoms with Gasteiger partial charge in [0.1, 0.15) is 5.60 Å². The normalized spacial score (nSPS) is 14.6. The first kappa shape index (κ1) is 17.1. The summed E-state index contributed by atoms with van der Waals surface area (Å²) in [5, 5.41) is 4.50. The van der Waals surface area contributed by atoms with Gasteiger partial charge in [-0.3, -0.25) is 4.98 Å². The highest BCUT2D eigenvalue weighted by molar-refractivity contribution is 9.10. The van der Waals surface area contributed by atoms with Crippen molar-refractivity contribution in [2.75, 3.05) is 0 Å². The number of hydrogen-bond acceptors (Lipinski definition) is 5. The number of ether oxygens (including phenoxy) is 1. The Balaban J connectivity index is 1.77. The van der Waals surface area contributed by atoms with Crippen LogP contribution >= 0.6 is 15.9 Å². The second kappa shape index (κ2) is 6.16. The van der Waals surface area contributed by atoms with Gasteiger partial charge < -0.3 is 4.74 Å². The summed E-state index contributed by atoms with van der Waals surface area (Å²) in [6.45, 7) is 5.51. The predicted octanol–water partition coefficient (Wildman–Crippen LogP) is 4.92. The van der Waals surface area contributed by atoms with Gasteiger partial charge in [0.25, 0.3) is 0 Å². The van der Waals surface area contributed by atoms with E-state index in [1.165, 1.54) is 4.68 Å². The zero-order valence-corrected chi connectivity index (χ0v) is 16.4. The highest BCUT2D eigenvalue weighted by Gasteiger charge is 2.32. The molecule has 6 nitrogen and oxygen atoms in total. The molecule has 1 saturated carbocycles.